The molecule has 5 nitrogen and oxygen atoms in total. The Balaban J connectivity index is 1.60. The maximum Gasteiger partial charge on any atom is 0.251 e. The summed E-state index contributed by atoms with van der Waals surface area (Å²) in [6, 6.07) is 7.77. The van der Waals surface area contributed by atoms with E-state index in [1.54, 1.807) is 16.8 Å². The Bertz CT molecular complexity index is 708. The number of hydrogen-bond acceptors (Lipinski definition) is 5. The van der Waals surface area contributed by atoms with Gasteiger partial charge in [-0.25, -0.2) is 4.98 Å². The van der Waals surface area contributed by atoms with Crippen LogP contribution in [0.3, 0.4) is 0 Å². The summed E-state index contributed by atoms with van der Waals surface area (Å²) < 4.78 is 11.5. The molecule has 0 saturated carbocycles. The van der Waals surface area contributed by atoms with Crippen LogP contribution in [0.5, 0.6) is 0 Å². The summed E-state index contributed by atoms with van der Waals surface area (Å²) in [6.07, 6.45) is 0.580. The average Bonchev–Trinajstić information content (AvgIpc) is 3.14. The Morgan fingerprint density at radius 1 is 1.35 bits per heavy atom. The number of amides is 1. The second-order valence-electron chi connectivity index (χ2n) is 7.60. The fraction of sp³-hybridized carbons (Fsp3) is 0.500. The third kappa shape index (κ3) is 4.90. The van der Waals surface area contributed by atoms with Gasteiger partial charge in [-0.2, -0.15) is 0 Å². The molecule has 0 unspecified atom stereocenters. The molecule has 1 fully saturated rings. The molecule has 6 heteroatoms. The fourth-order valence-electron chi connectivity index (χ4n) is 2.92. The second kappa shape index (κ2) is 8.29. The smallest absolute Gasteiger partial charge is 0.251 e. The van der Waals surface area contributed by atoms with E-state index >= 15 is 0 Å². The van der Waals surface area contributed by atoms with Crippen LogP contribution in [0.15, 0.2) is 35.2 Å². The van der Waals surface area contributed by atoms with E-state index in [2.05, 4.69) is 31.1 Å². The maximum atomic E-state index is 12.6. The summed E-state index contributed by atoms with van der Waals surface area (Å²) in [7, 11) is 0. The van der Waals surface area contributed by atoms with Crippen molar-refractivity contribution in [1.29, 1.82) is 0 Å². The molecule has 1 aliphatic heterocycles. The standard InChI is InChI=1S/C20H26N2O3S/c1-20(2,3)15-6-4-14(5-7-15)19(23)22-17-8-9-24-11-18(17)25-10-16-12-26-13-21-16/h4-7,12-13,17-18H,8-11H2,1-3H3,(H,22,23)/t17-,18-/m1/s1. The highest BCUT2D eigenvalue weighted by Gasteiger charge is 2.28. The SMILES string of the molecule is CC(C)(C)c1ccc(C(=O)N[C@@H]2CCOC[C@H]2OCc2cscn2)cc1. The average molecular weight is 375 g/mol. The number of rotatable bonds is 5. The summed E-state index contributed by atoms with van der Waals surface area (Å²) in [4.78, 5) is 16.9. The molecular weight excluding hydrogens is 348 g/mol. The minimum absolute atomic E-state index is 0.0582. The van der Waals surface area contributed by atoms with Crippen LogP contribution < -0.4 is 5.32 Å². The first-order valence-electron chi connectivity index (χ1n) is 8.91. The summed E-state index contributed by atoms with van der Waals surface area (Å²) in [5, 5.41) is 5.08. The molecule has 0 aliphatic carbocycles. The van der Waals surface area contributed by atoms with Gasteiger partial charge in [0, 0.05) is 17.6 Å². The number of nitrogens with zero attached hydrogens (tertiary/aromatic N) is 1. The number of carbonyl (C=O) groups is 1. The Morgan fingerprint density at radius 2 is 2.12 bits per heavy atom. The first-order chi connectivity index (χ1) is 12.4. The van der Waals surface area contributed by atoms with E-state index in [1.807, 2.05) is 29.6 Å². The van der Waals surface area contributed by atoms with E-state index in [0.29, 0.717) is 25.4 Å². The Kier molecular flexibility index (Phi) is 6.06. The van der Waals surface area contributed by atoms with Crippen LogP contribution in [0.1, 0.15) is 48.8 Å². The molecule has 26 heavy (non-hydrogen) atoms. The number of thiazole rings is 1. The third-order valence-electron chi connectivity index (χ3n) is 4.56. The van der Waals surface area contributed by atoms with Gasteiger partial charge in [-0.1, -0.05) is 32.9 Å². The molecule has 2 aromatic rings. The minimum atomic E-state index is -0.164. The van der Waals surface area contributed by atoms with Crippen LogP contribution in [0.4, 0.5) is 0 Å². The Morgan fingerprint density at radius 3 is 2.77 bits per heavy atom. The molecule has 1 aromatic heterocycles. The van der Waals surface area contributed by atoms with Gasteiger partial charge < -0.3 is 14.8 Å². The number of ether oxygens (including phenoxy) is 2. The second-order valence-corrected chi connectivity index (χ2v) is 8.32. The van der Waals surface area contributed by atoms with Crippen LogP contribution in [-0.2, 0) is 21.5 Å². The largest absolute Gasteiger partial charge is 0.379 e. The number of hydrogen-bond donors (Lipinski definition) is 1. The lowest BCUT2D eigenvalue weighted by Crippen LogP contribution is -2.49. The number of nitrogens with one attached hydrogen (secondary N) is 1. The minimum Gasteiger partial charge on any atom is -0.379 e. The molecule has 1 saturated heterocycles. The molecule has 2 atom stereocenters. The van der Waals surface area contributed by atoms with Crippen molar-refractivity contribution in [3.05, 3.63) is 52.0 Å². The van der Waals surface area contributed by atoms with E-state index in [0.717, 1.165) is 12.1 Å². The van der Waals surface area contributed by atoms with Crippen molar-refractivity contribution in [3.8, 4) is 0 Å². The van der Waals surface area contributed by atoms with Crippen molar-refractivity contribution >= 4 is 17.2 Å². The van der Waals surface area contributed by atoms with E-state index < -0.39 is 0 Å². The van der Waals surface area contributed by atoms with Crippen molar-refractivity contribution in [2.75, 3.05) is 13.2 Å². The molecule has 0 bridgehead atoms. The van der Waals surface area contributed by atoms with Crippen LogP contribution in [0.25, 0.3) is 0 Å². The van der Waals surface area contributed by atoms with Crippen molar-refractivity contribution in [2.24, 2.45) is 0 Å². The van der Waals surface area contributed by atoms with Gasteiger partial charge in [-0.05, 0) is 29.5 Å². The molecule has 3 rings (SSSR count). The molecule has 1 aliphatic rings. The molecule has 140 valence electrons. The van der Waals surface area contributed by atoms with Crippen LogP contribution >= 0.6 is 11.3 Å². The van der Waals surface area contributed by atoms with Crippen molar-refractivity contribution in [3.63, 3.8) is 0 Å². The lowest BCUT2D eigenvalue weighted by Gasteiger charge is -2.32. The fourth-order valence-corrected chi connectivity index (χ4v) is 3.46. The topological polar surface area (TPSA) is 60.5 Å². The lowest BCUT2D eigenvalue weighted by molar-refractivity contribution is -0.0742. The number of aromatic nitrogens is 1. The van der Waals surface area contributed by atoms with Crippen LogP contribution in [0.2, 0.25) is 0 Å². The van der Waals surface area contributed by atoms with Crippen LogP contribution in [-0.4, -0.2) is 36.3 Å². The summed E-state index contributed by atoms with van der Waals surface area (Å²) in [5.41, 5.74) is 4.65. The van der Waals surface area contributed by atoms with Crippen molar-refractivity contribution < 1.29 is 14.3 Å². The van der Waals surface area contributed by atoms with Gasteiger partial charge in [0.15, 0.2) is 0 Å². The van der Waals surface area contributed by atoms with Crippen LogP contribution in [0, 0.1) is 0 Å². The Hall–Kier alpha value is -1.76. The normalized spacial score (nSPS) is 20.7. The quantitative estimate of drug-likeness (QED) is 0.869. The van der Waals surface area contributed by atoms with Gasteiger partial charge in [0.2, 0.25) is 0 Å². The van der Waals surface area contributed by atoms with E-state index in [1.165, 1.54) is 5.56 Å². The van der Waals surface area contributed by atoms with E-state index in [9.17, 15) is 4.79 Å². The van der Waals surface area contributed by atoms with Gasteiger partial charge in [0.05, 0.1) is 30.5 Å². The molecule has 1 N–H and O–H groups in total. The molecule has 2 heterocycles. The highest BCUT2D eigenvalue weighted by atomic mass is 32.1. The Labute approximate surface area is 158 Å². The van der Waals surface area contributed by atoms with Crippen molar-refractivity contribution in [2.45, 2.75) is 51.4 Å². The first kappa shape index (κ1) is 19.0. The highest BCUT2D eigenvalue weighted by Crippen LogP contribution is 2.22. The van der Waals surface area contributed by atoms with Gasteiger partial charge >= 0.3 is 0 Å². The van der Waals surface area contributed by atoms with Gasteiger partial charge in [-0.3, -0.25) is 4.79 Å². The van der Waals surface area contributed by atoms with Crippen molar-refractivity contribution in [1.82, 2.24) is 10.3 Å². The molecule has 1 amide bonds. The number of carbonyl (C=O) groups excluding carboxylic acids is 1. The number of benzene rings is 1. The maximum absolute atomic E-state index is 12.6. The first-order valence-corrected chi connectivity index (χ1v) is 9.85. The summed E-state index contributed by atoms with van der Waals surface area (Å²) in [5.74, 6) is -0.0698. The molecular formula is C20H26N2O3S. The third-order valence-corrected chi connectivity index (χ3v) is 5.20. The molecule has 0 spiro atoms. The summed E-state index contributed by atoms with van der Waals surface area (Å²) in [6.45, 7) is 8.03. The van der Waals surface area contributed by atoms with Gasteiger partial charge in [-0.15, -0.1) is 11.3 Å². The van der Waals surface area contributed by atoms with E-state index in [-0.39, 0.29) is 23.5 Å². The lowest BCUT2D eigenvalue weighted by atomic mass is 9.86. The van der Waals surface area contributed by atoms with E-state index in [4.69, 9.17) is 9.47 Å². The monoisotopic (exact) mass is 374 g/mol. The predicted molar refractivity (Wildman–Crippen MR) is 103 cm³/mol. The predicted octanol–water partition coefficient (Wildman–Crippen LogP) is 3.54. The molecule has 1 aromatic carbocycles. The molecule has 0 radical (unpaired) electrons. The van der Waals surface area contributed by atoms with Gasteiger partial charge in [0.1, 0.15) is 6.10 Å². The highest BCUT2D eigenvalue weighted by molar-refractivity contribution is 7.07. The zero-order chi connectivity index (χ0) is 18.6. The zero-order valence-electron chi connectivity index (χ0n) is 15.5. The zero-order valence-corrected chi connectivity index (χ0v) is 16.3. The summed E-state index contributed by atoms with van der Waals surface area (Å²) >= 11 is 1.55. The van der Waals surface area contributed by atoms with Gasteiger partial charge in [0.25, 0.3) is 5.91 Å².